The first kappa shape index (κ1) is 79.8. The predicted octanol–water partition coefficient (Wildman–Crippen LogP) is 25.2. The zero-order valence-corrected chi connectivity index (χ0v) is 55.5. The number of carbonyl (C=O) groups excluding carboxylic acids is 3. The summed E-state index contributed by atoms with van der Waals surface area (Å²) in [5.74, 6) is -0.849. The number of carbonyl (C=O) groups is 3. The van der Waals surface area contributed by atoms with Gasteiger partial charge in [-0.1, -0.05) is 344 Å². The number of unbranched alkanes of at least 4 members (excludes halogenated alkanes) is 44. The van der Waals surface area contributed by atoms with Crippen LogP contribution in [0.1, 0.15) is 380 Å². The predicted molar refractivity (Wildman–Crippen MR) is 362 cm³/mol. The van der Waals surface area contributed by atoms with Gasteiger partial charge in [-0.25, -0.2) is 0 Å². The van der Waals surface area contributed by atoms with E-state index in [-0.39, 0.29) is 31.1 Å². The lowest BCUT2D eigenvalue weighted by atomic mass is 10.0. The highest BCUT2D eigenvalue weighted by Crippen LogP contribution is 2.18. The Morgan fingerprint density at radius 2 is 0.470 bits per heavy atom. The van der Waals surface area contributed by atoms with E-state index in [1.165, 1.54) is 250 Å². The minimum atomic E-state index is -0.775. The summed E-state index contributed by atoms with van der Waals surface area (Å²) in [6.45, 7) is 6.58. The number of hydrogen-bond donors (Lipinski definition) is 0. The standard InChI is InChI=1S/C77H138O6/c1-4-7-10-13-16-19-22-25-27-29-31-33-35-37-38-40-41-43-45-47-49-52-55-58-61-64-67-70-76(79)82-73-74(72-81-75(78)69-66-63-60-57-54-51-24-21-18-15-12-9-6-3)83-77(80)71-68-65-62-59-56-53-50-48-46-44-42-39-36-34-32-30-28-26-23-20-17-14-11-8-5-2/h8,11,17,20,22,25-26,28-29,31-32,34,74H,4-7,9-10,12-16,18-19,21,23-24,27,30,33,35-73H2,1-3H3/b11-8-,20-17-,25-22-,28-26-,31-29-,34-32-. The fourth-order valence-corrected chi connectivity index (χ4v) is 10.8. The molecule has 83 heavy (non-hydrogen) atoms. The quantitative estimate of drug-likeness (QED) is 0.0261. The van der Waals surface area contributed by atoms with E-state index in [9.17, 15) is 14.4 Å². The normalized spacial score (nSPS) is 12.5. The van der Waals surface area contributed by atoms with Crippen molar-refractivity contribution >= 4 is 17.9 Å². The van der Waals surface area contributed by atoms with Crippen LogP contribution in [0, 0.1) is 0 Å². The maximum absolute atomic E-state index is 13.0. The molecule has 0 rings (SSSR count). The van der Waals surface area contributed by atoms with Crippen LogP contribution in [0.5, 0.6) is 0 Å². The molecule has 0 spiro atoms. The molecule has 1 unspecified atom stereocenters. The van der Waals surface area contributed by atoms with Gasteiger partial charge >= 0.3 is 17.9 Å². The molecule has 0 N–H and O–H groups in total. The molecule has 0 aromatic heterocycles. The molecular formula is C77H138O6. The van der Waals surface area contributed by atoms with Crippen molar-refractivity contribution in [2.24, 2.45) is 0 Å². The summed E-state index contributed by atoms with van der Waals surface area (Å²) in [6.07, 6.45) is 93.6. The van der Waals surface area contributed by atoms with Crippen molar-refractivity contribution in [2.45, 2.75) is 386 Å². The van der Waals surface area contributed by atoms with E-state index in [0.29, 0.717) is 19.3 Å². The SMILES string of the molecule is CC/C=C\C/C=C\C/C=C\C/C=C\CCCCCCCCCCCCCCC(=O)OC(COC(=O)CCCCCCCCCCCCCCC)COC(=O)CCCCCCCCCCCCCCCCC/C=C\C/C=C\CCCCCCC. The molecule has 0 fully saturated rings. The second kappa shape index (κ2) is 71.3. The van der Waals surface area contributed by atoms with Gasteiger partial charge < -0.3 is 14.2 Å². The third kappa shape index (κ3) is 69.5. The van der Waals surface area contributed by atoms with E-state index in [2.05, 4.69) is 93.7 Å². The molecule has 0 aromatic carbocycles. The minimum Gasteiger partial charge on any atom is -0.462 e. The second-order valence-corrected chi connectivity index (χ2v) is 24.5. The van der Waals surface area contributed by atoms with Crippen LogP contribution in [0.15, 0.2) is 72.9 Å². The van der Waals surface area contributed by atoms with E-state index in [1.54, 1.807) is 0 Å². The van der Waals surface area contributed by atoms with Crippen LogP contribution in [0.4, 0.5) is 0 Å². The van der Waals surface area contributed by atoms with Crippen molar-refractivity contribution in [2.75, 3.05) is 13.2 Å². The van der Waals surface area contributed by atoms with Gasteiger partial charge in [0.05, 0.1) is 0 Å². The van der Waals surface area contributed by atoms with E-state index >= 15 is 0 Å². The van der Waals surface area contributed by atoms with E-state index in [4.69, 9.17) is 14.2 Å². The number of rotatable bonds is 67. The molecule has 0 aromatic rings. The van der Waals surface area contributed by atoms with Crippen LogP contribution in [-0.4, -0.2) is 37.2 Å². The molecule has 0 saturated heterocycles. The molecule has 0 bridgehead atoms. The number of ether oxygens (including phenoxy) is 3. The average Bonchev–Trinajstić information content (AvgIpc) is 3.49. The summed E-state index contributed by atoms with van der Waals surface area (Å²) in [6, 6.07) is 0. The first-order valence-electron chi connectivity index (χ1n) is 36.4. The van der Waals surface area contributed by atoms with Gasteiger partial charge in [0.25, 0.3) is 0 Å². The molecule has 0 amide bonds. The Kier molecular flexibility index (Phi) is 68.6. The van der Waals surface area contributed by atoms with Crippen LogP contribution in [0.25, 0.3) is 0 Å². The van der Waals surface area contributed by atoms with Gasteiger partial charge in [-0.15, -0.1) is 0 Å². The fraction of sp³-hybridized carbons (Fsp3) is 0.805. The van der Waals surface area contributed by atoms with Crippen molar-refractivity contribution < 1.29 is 28.6 Å². The van der Waals surface area contributed by atoms with E-state index in [1.807, 2.05) is 0 Å². The lowest BCUT2D eigenvalue weighted by Gasteiger charge is -2.18. The van der Waals surface area contributed by atoms with Gasteiger partial charge in [0.15, 0.2) is 6.10 Å². The van der Waals surface area contributed by atoms with Crippen LogP contribution in [-0.2, 0) is 28.6 Å². The minimum absolute atomic E-state index is 0.0708. The van der Waals surface area contributed by atoms with Gasteiger partial charge in [0.2, 0.25) is 0 Å². The molecule has 1 atom stereocenters. The Bertz CT molecular complexity index is 1520. The smallest absolute Gasteiger partial charge is 0.306 e. The lowest BCUT2D eigenvalue weighted by Crippen LogP contribution is -2.30. The monoisotopic (exact) mass is 1160 g/mol. The first-order chi connectivity index (χ1) is 41.0. The maximum atomic E-state index is 13.0. The second-order valence-electron chi connectivity index (χ2n) is 24.5. The molecule has 6 nitrogen and oxygen atoms in total. The Hall–Kier alpha value is -3.15. The van der Waals surface area contributed by atoms with Crippen molar-refractivity contribution in [3.8, 4) is 0 Å². The van der Waals surface area contributed by atoms with Crippen LogP contribution in [0.2, 0.25) is 0 Å². The van der Waals surface area contributed by atoms with Gasteiger partial charge in [-0.2, -0.15) is 0 Å². The molecule has 0 radical (unpaired) electrons. The average molecular weight is 1160 g/mol. The van der Waals surface area contributed by atoms with E-state index < -0.39 is 6.10 Å². The largest absolute Gasteiger partial charge is 0.462 e. The summed E-state index contributed by atoms with van der Waals surface area (Å²) < 4.78 is 17.0. The fourth-order valence-electron chi connectivity index (χ4n) is 10.8. The topological polar surface area (TPSA) is 78.9 Å². The maximum Gasteiger partial charge on any atom is 0.306 e. The number of esters is 3. The van der Waals surface area contributed by atoms with Gasteiger partial charge in [-0.05, 0) is 89.9 Å². The Labute approximate surface area is 516 Å². The molecular weight excluding hydrogens is 1020 g/mol. The van der Waals surface area contributed by atoms with Crippen molar-refractivity contribution in [3.63, 3.8) is 0 Å². The van der Waals surface area contributed by atoms with E-state index in [0.717, 1.165) is 89.9 Å². The summed E-state index contributed by atoms with van der Waals surface area (Å²) in [7, 11) is 0. The highest BCUT2D eigenvalue weighted by Gasteiger charge is 2.19. The number of allylic oxidation sites excluding steroid dienone is 12. The van der Waals surface area contributed by atoms with Crippen molar-refractivity contribution in [1.29, 1.82) is 0 Å². The third-order valence-electron chi connectivity index (χ3n) is 16.2. The zero-order valence-electron chi connectivity index (χ0n) is 55.5. The Morgan fingerprint density at radius 1 is 0.253 bits per heavy atom. The van der Waals surface area contributed by atoms with Gasteiger partial charge in [0.1, 0.15) is 13.2 Å². The molecule has 0 saturated carbocycles. The molecule has 482 valence electrons. The highest BCUT2D eigenvalue weighted by molar-refractivity contribution is 5.71. The number of hydrogen-bond acceptors (Lipinski definition) is 6. The molecule has 6 heteroatoms. The summed E-state index contributed by atoms with van der Waals surface area (Å²) in [4.78, 5) is 38.5. The molecule has 0 aliphatic heterocycles. The summed E-state index contributed by atoms with van der Waals surface area (Å²) >= 11 is 0. The van der Waals surface area contributed by atoms with Crippen LogP contribution in [0.3, 0.4) is 0 Å². The highest BCUT2D eigenvalue weighted by atomic mass is 16.6. The molecule has 0 aliphatic carbocycles. The molecule has 0 heterocycles. The van der Waals surface area contributed by atoms with Gasteiger partial charge in [-0.3, -0.25) is 14.4 Å². The first-order valence-corrected chi connectivity index (χ1v) is 36.4. The van der Waals surface area contributed by atoms with Crippen LogP contribution < -0.4 is 0 Å². The third-order valence-corrected chi connectivity index (χ3v) is 16.2. The summed E-state index contributed by atoms with van der Waals surface area (Å²) in [5, 5.41) is 0. The lowest BCUT2D eigenvalue weighted by molar-refractivity contribution is -0.167. The Morgan fingerprint density at radius 3 is 0.735 bits per heavy atom. The zero-order chi connectivity index (χ0) is 59.9. The van der Waals surface area contributed by atoms with Gasteiger partial charge in [0, 0.05) is 19.3 Å². The summed E-state index contributed by atoms with van der Waals surface area (Å²) in [5.41, 5.74) is 0. The Balaban J connectivity index is 4.24. The van der Waals surface area contributed by atoms with Crippen LogP contribution >= 0.6 is 0 Å². The van der Waals surface area contributed by atoms with Crippen molar-refractivity contribution in [1.82, 2.24) is 0 Å². The van der Waals surface area contributed by atoms with Crippen molar-refractivity contribution in [3.05, 3.63) is 72.9 Å². The molecule has 0 aliphatic rings.